The van der Waals surface area contributed by atoms with Crippen molar-refractivity contribution in [1.82, 2.24) is 4.90 Å². The van der Waals surface area contributed by atoms with E-state index in [0.29, 0.717) is 22.4 Å². The van der Waals surface area contributed by atoms with Crippen LogP contribution in [0, 0.1) is 0 Å². The number of anilines is 1. The number of carbonyl (C=O) groups is 2. The van der Waals surface area contributed by atoms with E-state index in [4.69, 9.17) is 11.6 Å². The van der Waals surface area contributed by atoms with Crippen molar-refractivity contribution in [2.45, 2.75) is 18.1 Å². The molecule has 7 heteroatoms. The standard InChI is InChI=1S/C14H14ClN3O2S/c15-9-2-4-10(5-3-9)17-13(20)11-8-12(19)18-7-1-6-16-14(18)21-11/h2-5,11H,1,6-8H2,(H,17,20)/t11-/m0/s1. The number of amides is 2. The van der Waals surface area contributed by atoms with Crippen molar-refractivity contribution in [2.24, 2.45) is 4.99 Å². The lowest BCUT2D eigenvalue weighted by molar-refractivity contribution is -0.129. The van der Waals surface area contributed by atoms with Gasteiger partial charge < -0.3 is 5.32 Å². The van der Waals surface area contributed by atoms with Crippen molar-refractivity contribution in [1.29, 1.82) is 0 Å². The molecule has 2 aliphatic rings. The van der Waals surface area contributed by atoms with E-state index in [9.17, 15) is 9.59 Å². The first kappa shape index (κ1) is 14.4. The lowest BCUT2D eigenvalue weighted by Gasteiger charge is -2.33. The number of aliphatic imine (C=N–C) groups is 1. The van der Waals surface area contributed by atoms with Crippen LogP contribution in [0.3, 0.4) is 0 Å². The molecule has 1 N–H and O–H groups in total. The Kier molecular flexibility index (Phi) is 4.17. The number of carbonyl (C=O) groups excluding carboxylic acids is 2. The zero-order chi connectivity index (χ0) is 14.8. The number of halogens is 1. The van der Waals surface area contributed by atoms with Gasteiger partial charge in [-0.05, 0) is 30.7 Å². The molecule has 0 radical (unpaired) electrons. The zero-order valence-corrected chi connectivity index (χ0v) is 12.8. The number of benzene rings is 1. The van der Waals surface area contributed by atoms with E-state index in [1.807, 2.05) is 0 Å². The predicted molar refractivity (Wildman–Crippen MR) is 84.7 cm³/mol. The fourth-order valence-electron chi connectivity index (χ4n) is 2.26. The third-order valence-electron chi connectivity index (χ3n) is 3.33. The van der Waals surface area contributed by atoms with Gasteiger partial charge in [-0.2, -0.15) is 0 Å². The van der Waals surface area contributed by atoms with E-state index in [-0.39, 0.29) is 18.2 Å². The van der Waals surface area contributed by atoms with Crippen LogP contribution < -0.4 is 5.32 Å². The number of nitrogens with zero attached hydrogens (tertiary/aromatic N) is 2. The van der Waals surface area contributed by atoms with Crippen LogP contribution in [0.2, 0.25) is 5.02 Å². The quantitative estimate of drug-likeness (QED) is 0.909. The molecule has 2 aliphatic heterocycles. The molecular weight excluding hydrogens is 310 g/mol. The lowest BCUT2D eigenvalue weighted by Crippen LogP contribution is -2.47. The van der Waals surface area contributed by atoms with Crippen molar-refractivity contribution in [3.05, 3.63) is 29.3 Å². The minimum Gasteiger partial charge on any atom is -0.325 e. The molecule has 0 saturated carbocycles. The Balaban J connectivity index is 1.69. The van der Waals surface area contributed by atoms with E-state index in [0.717, 1.165) is 13.0 Å². The topological polar surface area (TPSA) is 61.8 Å². The van der Waals surface area contributed by atoms with Crippen LogP contribution in [-0.4, -0.2) is 40.2 Å². The van der Waals surface area contributed by atoms with Crippen LogP contribution in [0.15, 0.2) is 29.3 Å². The fraction of sp³-hybridized carbons (Fsp3) is 0.357. The van der Waals surface area contributed by atoms with Crippen LogP contribution in [0.1, 0.15) is 12.8 Å². The minimum absolute atomic E-state index is 0.0246. The predicted octanol–water partition coefficient (Wildman–Crippen LogP) is 2.37. The summed E-state index contributed by atoms with van der Waals surface area (Å²) in [5, 5.41) is 3.67. The first-order chi connectivity index (χ1) is 10.1. The third-order valence-corrected chi connectivity index (χ3v) is 4.81. The van der Waals surface area contributed by atoms with Crippen molar-refractivity contribution < 1.29 is 9.59 Å². The minimum atomic E-state index is -0.429. The third kappa shape index (κ3) is 3.22. The summed E-state index contributed by atoms with van der Waals surface area (Å²) < 4.78 is 0. The molecule has 1 aromatic rings. The van der Waals surface area contributed by atoms with Gasteiger partial charge in [-0.3, -0.25) is 19.5 Å². The molecule has 1 aromatic carbocycles. The van der Waals surface area contributed by atoms with Crippen LogP contribution in [0.25, 0.3) is 0 Å². The molecule has 3 rings (SSSR count). The molecule has 21 heavy (non-hydrogen) atoms. The van der Waals surface area contributed by atoms with Crippen LogP contribution in [0.5, 0.6) is 0 Å². The Bertz CT molecular complexity index is 603. The lowest BCUT2D eigenvalue weighted by atomic mass is 10.2. The number of fused-ring (bicyclic) bond motifs is 1. The van der Waals surface area contributed by atoms with Gasteiger partial charge in [0.25, 0.3) is 0 Å². The van der Waals surface area contributed by atoms with Crippen molar-refractivity contribution in [3.63, 3.8) is 0 Å². The molecule has 1 saturated heterocycles. The second-order valence-electron chi connectivity index (χ2n) is 4.87. The molecule has 1 fully saturated rings. The Morgan fingerprint density at radius 3 is 2.90 bits per heavy atom. The zero-order valence-electron chi connectivity index (χ0n) is 11.2. The number of hydrogen-bond acceptors (Lipinski definition) is 4. The average Bonchev–Trinajstić information content (AvgIpc) is 2.49. The largest absolute Gasteiger partial charge is 0.325 e. The highest BCUT2D eigenvalue weighted by molar-refractivity contribution is 8.15. The molecular formula is C14H14ClN3O2S. The van der Waals surface area contributed by atoms with Gasteiger partial charge in [0.15, 0.2) is 5.17 Å². The summed E-state index contributed by atoms with van der Waals surface area (Å²) in [4.78, 5) is 30.4. The summed E-state index contributed by atoms with van der Waals surface area (Å²) in [6.45, 7) is 1.42. The fourth-order valence-corrected chi connectivity index (χ4v) is 3.52. The maximum Gasteiger partial charge on any atom is 0.238 e. The van der Waals surface area contributed by atoms with Gasteiger partial charge in [-0.15, -0.1) is 0 Å². The molecule has 1 atom stereocenters. The molecule has 5 nitrogen and oxygen atoms in total. The monoisotopic (exact) mass is 323 g/mol. The molecule has 0 aromatic heterocycles. The van der Waals surface area contributed by atoms with E-state index >= 15 is 0 Å². The molecule has 110 valence electrons. The first-order valence-corrected chi connectivity index (χ1v) is 7.97. The van der Waals surface area contributed by atoms with Crippen molar-refractivity contribution in [2.75, 3.05) is 18.4 Å². The number of amidine groups is 1. The smallest absolute Gasteiger partial charge is 0.238 e. The molecule has 0 aliphatic carbocycles. The number of thioether (sulfide) groups is 1. The highest BCUT2D eigenvalue weighted by Crippen LogP contribution is 2.29. The summed E-state index contributed by atoms with van der Waals surface area (Å²) in [6.07, 6.45) is 1.10. The van der Waals surface area contributed by atoms with E-state index in [1.165, 1.54) is 11.8 Å². The van der Waals surface area contributed by atoms with Gasteiger partial charge in [0.2, 0.25) is 11.8 Å². The highest BCUT2D eigenvalue weighted by atomic mass is 35.5. The maximum atomic E-state index is 12.3. The van der Waals surface area contributed by atoms with Crippen LogP contribution in [0.4, 0.5) is 5.69 Å². The Labute approximate surface area is 131 Å². The molecule has 0 bridgehead atoms. The van der Waals surface area contributed by atoms with Gasteiger partial charge in [0, 0.05) is 30.2 Å². The van der Waals surface area contributed by atoms with Gasteiger partial charge in [0.1, 0.15) is 5.25 Å². The van der Waals surface area contributed by atoms with E-state index in [2.05, 4.69) is 10.3 Å². The summed E-state index contributed by atoms with van der Waals surface area (Å²) in [6, 6.07) is 6.90. The Morgan fingerprint density at radius 1 is 1.38 bits per heavy atom. The van der Waals surface area contributed by atoms with Crippen LogP contribution >= 0.6 is 23.4 Å². The maximum absolute atomic E-state index is 12.3. The van der Waals surface area contributed by atoms with Gasteiger partial charge >= 0.3 is 0 Å². The normalized spacial score (nSPS) is 21.6. The number of hydrogen-bond donors (Lipinski definition) is 1. The Morgan fingerprint density at radius 2 is 2.14 bits per heavy atom. The van der Waals surface area contributed by atoms with Crippen LogP contribution in [-0.2, 0) is 9.59 Å². The SMILES string of the molecule is O=C(Nc1ccc(Cl)cc1)[C@@H]1CC(=O)N2CCCN=C2S1. The number of rotatable bonds is 2. The van der Waals surface area contributed by atoms with E-state index in [1.54, 1.807) is 29.2 Å². The summed E-state index contributed by atoms with van der Waals surface area (Å²) in [5.41, 5.74) is 0.672. The van der Waals surface area contributed by atoms with E-state index < -0.39 is 5.25 Å². The summed E-state index contributed by atoms with van der Waals surface area (Å²) >= 11 is 7.18. The van der Waals surface area contributed by atoms with Gasteiger partial charge in [0.05, 0.1) is 0 Å². The van der Waals surface area contributed by atoms with Crippen molar-refractivity contribution >= 4 is 46.0 Å². The molecule has 0 unspecified atom stereocenters. The molecule has 2 heterocycles. The summed E-state index contributed by atoms with van der Waals surface area (Å²) in [5.74, 6) is -0.202. The van der Waals surface area contributed by atoms with Gasteiger partial charge in [-0.25, -0.2) is 0 Å². The second kappa shape index (κ2) is 6.07. The second-order valence-corrected chi connectivity index (χ2v) is 6.48. The first-order valence-electron chi connectivity index (χ1n) is 6.71. The van der Waals surface area contributed by atoms with Crippen molar-refractivity contribution in [3.8, 4) is 0 Å². The molecule has 0 spiro atoms. The molecule has 2 amide bonds. The number of nitrogens with one attached hydrogen (secondary N) is 1. The Hall–Kier alpha value is -1.53. The highest BCUT2D eigenvalue weighted by Gasteiger charge is 2.36. The summed E-state index contributed by atoms with van der Waals surface area (Å²) in [7, 11) is 0. The average molecular weight is 324 g/mol. The van der Waals surface area contributed by atoms with Gasteiger partial charge in [-0.1, -0.05) is 23.4 Å².